The molecule has 1 aliphatic heterocycles. The van der Waals surface area contributed by atoms with Gasteiger partial charge in [-0.15, -0.1) is 5.06 Å². The number of hydrogen-bond acceptors (Lipinski definition) is 5. The number of nitrogens with two attached hydrogens (primary N) is 1. The van der Waals surface area contributed by atoms with Crippen LogP contribution in [0.4, 0.5) is 5.69 Å². The van der Waals surface area contributed by atoms with Gasteiger partial charge in [-0.2, -0.15) is 0 Å². The molecule has 1 saturated heterocycles. The summed E-state index contributed by atoms with van der Waals surface area (Å²) in [4.78, 5) is 31.3. The van der Waals surface area contributed by atoms with Crippen LogP contribution in [0.25, 0.3) is 0 Å². The number of piperazine rings is 1. The van der Waals surface area contributed by atoms with Crippen LogP contribution < -0.4 is 5.73 Å². The topological polar surface area (TPSA) is 75.9 Å². The van der Waals surface area contributed by atoms with Crippen LogP contribution in [-0.2, 0) is 9.63 Å². The SMILES string of the molecule is CC(C)(C)C(=O)ON1CCN(C(=O)c2ccc(N)cc2)CC1. The highest BCUT2D eigenvalue weighted by atomic mass is 16.7. The second-order valence-corrected chi connectivity index (χ2v) is 6.47. The van der Waals surface area contributed by atoms with Crippen molar-refractivity contribution in [3.63, 3.8) is 0 Å². The van der Waals surface area contributed by atoms with Crippen molar-refractivity contribution in [3.05, 3.63) is 29.8 Å². The molecule has 0 atom stereocenters. The van der Waals surface area contributed by atoms with Crippen LogP contribution in [-0.4, -0.2) is 48.0 Å². The standard InChI is InChI=1S/C16H23N3O3/c1-16(2,3)15(21)22-19-10-8-18(9-11-19)14(20)12-4-6-13(17)7-5-12/h4-7H,8-11,17H2,1-3H3. The van der Waals surface area contributed by atoms with Gasteiger partial charge in [0.1, 0.15) is 0 Å². The maximum Gasteiger partial charge on any atom is 0.330 e. The Labute approximate surface area is 130 Å². The molecule has 1 aliphatic rings. The molecule has 1 amide bonds. The van der Waals surface area contributed by atoms with Crippen molar-refractivity contribution in [1.29, 1.82) is 0 Å². The van der Waals surface area contributed by atoms with E-state index in [0.717, 1.165) is 0 Å². The van der Waals surface area contributed by atoms with Gasteiger partial charge in [-0.1, -0.05) is 0 Å². The molecule has 0 aromatic heterocycles. The Morgan fingerprint density at radius 3 is 2.09 bits per heavy atom. The maximum absolute atomic E-state index is 12.4. The molecule has 0 spiro atoms. The van der Waals surface area contributed by atoms with E-state index < -0.39 is 5.41 Å². The fourth-order valence-corrected chi connectivity index (χ4v) is 2.04. The lowest BCUT2D eigenvalue weighted by Crippen LogP contribution is -2.49. The highest BCUT2D eigenvalue weighted by Gasteiger charge is 2.29. The summed E-state index contributed by atoms with van der Waals surface area (Å²) in [6, 6.07) is 6.89. The first-order chi connectivity index (χ1) is 10.3. The largest absolute Gasteiger partial charge is 0.399 e. The van der Waals surface area contributed by atoms with Crippen molar-refractivity contribution in [2.24, 2.45) is 5.41 Å². The number of carbonyl (C=O) groups is 2. The quantitative estimate of drug-likeness (QED) is 0.839. The lowest BCUT2D eigenvalue weighted by molar-refractivity contribution is -0.205. The molecule has 0 bridgehead atoms. The molecule has 0 radical (unpaired) electrons. The Morgan fingerprint density at radius 1 is 1.05 bits per heavy atom. The van der Waals surface area contributed by atoms with Gasteiger partial charge in [-0.3, -0.25) is 4.79 Å². The van der Waals surface area contributed by atoms with E-state index in [9.17, 15) is 9.59 Å². The number of nitrogens with zero attached hydrogens (tertiary/aromatic N) is 2. The van der Waals surface area contributed by atoms with Gasteiger partial charge < -0.3 is 15.5 Å². The predicted octanol–water partition coefficient (Wildman–Crippen LogP) is 1.53. The van der Waals surface area contributed by atoms with Crippen LogP contribution >= 0.6 is 0 Å². The molecule has 1 heterocycles. The average Bonchev–Trinajstić information content (AvgIpc) is 2.47. The summed E-state index contributed by atoms with van der Waals surface area (Å²) in [5, 5.41) is 1.63. The van der Waals surface area contributed by atoms with Gasteiger partial charge in [-0.05, 0) is 45.0 Å². The maximum atomic E-state index is 12.4. The fourth-order valence-electron chi connectivity index (χ4n) is 2.04. The lowest BCUT2D eigenvalue weighted by Gasteiger charge is -2.34. The molecule has 1 aromatic carbocycles. The van der Waals surface area contributed by atoms with E-state index in [4.69, 9.17) is 10.6 Å². The van der Waals surface area contributed by atoms with Gasteiger partial charge in [-0.25, -0.2) is 4.79 Å². The zero-order valence-electron chi connectivity index (χ0n) is 13.3. The highest BCUT2D eigenvalue weighted by molar-refractivity contribution is 5.94. The van der Waals surface area contributed by atoms with Crippen LogP contribution in [0.1, 0.15) is 31.1 Å². The molecule has 1 aromatic rings. The summed E-state index contributed by atoms with van der Waals surface area (Å²) >= 11 is 0. The minimum atomic E-state index is -0.531. The van der Waals surface area contributed by atoms with Gasteiger partial charge in [0.2, 0.25) is 0 Å². The summed E-state index contributed by atoms with van der Waals surface area (Å²) in [7, 11) is 0. The number of hydroxylamine groups is 2. The molecular weight excluding hydrogens is 282 g/mol. The molecule has 2 N–H and O–H groups in total. The second-order valence-electron chi connectivity index (χ2n) is 6.47. The summed E-state index contributed by atoms with van der Waals surface area (Å²) in [6.07, 6.45) is 0. The minimum Gasteiger partial charge on any atom is -0.399 e. The van der Waals surface area contributed by atoms with Crippen molar-refractivity contribution in [2.75, 3.05) is 31.9 Å². The van der Waals surface area contributed by atoms with Crippen molar-refractivity contribution in [3.8, 4) is 0 Å². The normalized spacial score (nSPS) is 16.4. The van der Waals surface area contributed by atoms with Crippen molar-refractivity contribution >= 4 is 17.6 Å². The van der Waals surface area contributed by atoms with Crippen LogP contribution in [0.15, 0.2) is 24.3 Å². The summed E-state index contributed by atoms with van der Waals surface area (Å²) in [5.41, 5.74) is 6.35. The molecule has 0 unspecified atom stereocenters. The first-order valence-electron chi connectivity index (χ1n) is 7.39. The van der Waals surface area contributed by atoms with E-state index >= 15 is 0 Å². The third kappa shape index (κ3) is 3.98. The Bertz CT molecular complexity index is 541. The molecule has 22 heavy (non-hydrogen) atoms. The number of anilines is 1. The van der Waals surface area contributed by atoms with Crippen molar-refractivity contribution in [1.82, 2.24) is 9.96 Å². The summed E-state index contributed by atoms with van der Waals surface area (Å²) < 4.78 is 0. The van der Waals surface area contributed by atoms with Crippen molar-refractivity contribution < 1.29 is 14.4 Å². The third-order valence-corrected chi connectivity index (χ3v) is 3.51. The monoisotopic (exact) mass is 305 g/mol. The van der Waals surface area contributed by atoms with Crippen LogP contribution in [0, 0.1) is 5.41 Å². The molecule has 120 valence electrons. The van der Waals surface area contributed by atoms with E-state index in [1.54, 1.807) is 34.2 Å². The first kappa shape index (κ1) is 16.3. The molecule has 0 aliphatic carbocycles. The highest BCUT2D eigenvalue weighted by Crippen LogP contribution is 2.17. The number of benzene rings is 1. The zero-order chi connectivity index (χ0) is 16.3. The third-order valence-electron chi connectivity index (χ3n) is 3.51. The van der Waals surface area contributed by atoms with Gasteiger partial charge >= 0.3 is 5.97 Å². The fraction of sp³-hybridized carbons (Fsp3) is 0.500. The van der Waals surface area contributed by atoms with E-state index in [1.165, 1.54) is 0 Å². The number of amides is 1. The Kier molecular flexibility index (Phi) is 4.71. The predicted molar refractivity (Wildman–Crippen MR) is 83.9 cm³/mol. The Balaban J connectivity index is 1.88. The first-order valence-corrected chi connectivity index (χ1v) is 7.39. The smallest absolute Gasteiger partial charge is 0.330 e. The van der Waals surface area contributed by atoms with E-state index in [1.807, 2.05) is 20.8 Å². The zero-order valence-corrected chi connectivity index (χ0v) is 13.3. The van der Waals surface area contributed by atoms with Gasteiger partial charge in [0.15, 0.2) is 0 Å². The van der Waals surface area contributed by atoms with Gasteiger partial charge in [0.25, 0.3) is 5.91 Å². The van der Waals surface area contributed by atoms with E-state index in [-0.39, 0.29) is 11.9 Å². The average molecular weight is 305 g/mol. The Morgan fingerprint density at radius 2 is 1.59 bits per heavy atom. The van der Waals surface area contributed by atoms with Gasteiger partial charge in [0.05, 0.1) is 18.5 Å². The molecule has 1 fully saturated rings. The number of nitrogen functional groups attached to an aromatic ring is 1. The number of rotatable bonds is 2. The van der Waals surface area contributed by atoms with Crippen LogP contribution in [0.3, 0.4) is 0 Å². The van der Waals surface area contributed by atoms with E-state index in [0.29, 0.717) is 37.4 Å². The molecule has 6 nitrogen and oxygen atoms in total. The van der Waals surface area contributed by atoms with E-state index in [2.05, 4.69) is 0 Å². The molecular formula is C16H23N3O3. The number of hydrogen-bond donors (Lipinski definition) is 1. The molecule has 0 saturated carbocycles. The molecule has 6 heteroatoms. The van der Waals surface area contributed by atoms with Crippen molar-refractivity contribution in [2.45, 2.75) is 20.8 Å². The van der Waals surface area contributed by atoms with Crippen LogP contribution in [0.5, 0.6) is 0 Å². The lowest BCUT2D eigenvalue weighted by atomic mass is 9.98. The second kappa shape index (κ2) is 6.36. The minimum absolute atomic E-state index is 0.0261. The van der Waals surface area contributed by atoms with Gasteiger partial charge in [0, 0.05) is 24.3 Å². The summed E-state index contributed by atoms with van der Waals surface area (Å²) in [5.74, 6) is -0.285. The number of carbonyl (C=O) groups excluding carboxylic acids is 2. The Hall–Kier alpha value is -2.08. The van der Waals surface area contributed by atoms with Crippen LogP contribution in [0.2, 0.25) is 0 Å². The molecule has 2 rings (SSSR count). The summed E-state index contributed by atoms with van der Waals surface area (Å²) in [6.45, 7) is 7.54.